The van der Waals surface area contributed by atoms with Gasteiger partial charge in [0.15, 0.2) is 0 Å². The Hall–Kier alpha value is -0.900. The molecular weight excluding hydrogens is 182 g/mol. The lowest BCUT2D eigenvalue weighted by molar-refractivity contribution is -0.166. The summed E-state index contributed by atoms with van der Waals surface area (Å²) in [5, 5.41) is 0. The van der Waals surface area contributed by atoms with Gasteiger partial charge in [-0.2, -0.15) is 0 Å². The Kier molecular flexibility index (Phi) is 4.59. The van der Waals surface area contributed by atoms with Gasteiger partial charge in [0.1, 0.15) is 0 Å². The zero-order valence-electron chi connectivity index (χ0n) is 8.62. The van der Waals surface area contributed by atoms with Gasteiger partial charge >= 0.3 is 11.9 Å². The van der Waals surface area contributed by atoms with Gasteiger partial charge < -0.3 is 4.74 Å². The highest BCUT2D eigenvalue weighted by Gasteiger charge is 2.23. The molecule has 0 aromatic rings. The molecule has 0 radical (unpaired) electrons. The molecule has 1 saturated heterocycles. The minimum absolute atomic E-state index is 0.262. The van der Waals surface area contributed by atoms with Gasteiger partial charge in [0.2, 0.25) is 0 Å². The second-order valence-electron chi connectivity index (χ2n) is 3.62. The van der Waals surface area contributed by atoms with E-state index in [2.05, 4.69) is 11.7 Å². The predicted molar refractivity (Wildman–Crippen MR) is 51.7 cm³/mol. The maximum atomic E-state index is 10.9. The number of nitrogens with zero attached hydrogens (tertiary/aromatic N) is 1. The third kappa shape index (κ3) is 3.87. The molecule has 4 heteroatoms. The molecule has 0 bridgehead atoms. The minimum Gasteiger partial charge on any atom is -0.391 e. The molecule has 0 saturated carbocycles. The van der Waals surface area contributed by atoms with Crippen molar-refractivity contribution in [1.82, 2.24) is 4.90 Å². The highest BCUT2D eigenvalue weighted by Crippen LogP contribution is 2.04. The van der Waals surface area contributed by atoms with Gasteiger partial charge in [-0.05, 0) is 13.0 Å². The van der Waals surface area contributed by atoms with Crippen LogP contribution >= 0.6 is 0 Å². The molecule has 0 amide bonds. The largest absolute Gasteiger partial charge is 0.391 e. The van der Waals surface area contributed by atoms with Crippen molar-refractivity contribution in [2.75, 3.05) is 19.6 Å². The number of rotatable bonds is 5. The normalized spacial score (nSPS) is 18.4. The SMILES string of the molecule is CCCCCCN1CC(=O)OC(=O)C1. The fourth-order valence-electron chi connectivity index (χ4n) is 1.53. The van der Waals surface area contributed by atoms with E-state index in [1.165, 1.54) is 12.8 Å². The van der Waals surface area contributed by atoms with Gasteiger partial charge in [0, 0.05) is 0 Å². The molecule has 0 atom stereocenters. The molecule has 4 nitrogen and oxygen atoms in total. The first-order chi connectivity index (χ1) is 6.72. The van der Waals surface area contributed by atoms with Crippen molar-refractivity contribution in [1.29, 1.82) is 0 Å². The number of carbonyl (C=O) groups excluding carboxylic acids is 2. The highest BCUT2D eigenvalue weighted by atomic mass is 16.6. The number of esters is 2. The van der Waals surface area contributed by atoms with E-state index < -0.39 is 11.9 Å². The second-order valence-corrected chi connectivity index (χ2v) is 3.62. The summed E-state index contributed by atoms with van der Waals surface area (Å²) < 4.78 is 4.42. The maximum absolute atomic E-state index is 10.9. The number of unbranched alkanes of at least 4 members (excludes halogenated alkanes) is 3. The number of morpholine rings is 1. The predicted octanol–water partition coefficient (Wildman–Crippen LogP) is 0.952. The lowest BCUT2D eigenvalue weighted by atomic mass is 10.2. The third-order valence-corrected chi connectivity index (χ3v) is 2.26. The number of cyclic esters (lactones) is 2. The standard InChI is InChI=1S/C10H17NO3/c1-2-3-4-5-6-11-7-9(12)14-10(13)8-11/h2-8H2,1H3. The summed E-state index contributed by atoms with van der Waals surface area (Å²) in [7, 11) is 0. The first kappa shape index (κ1) is 11.2. The number of hydrogen-bond acceptors (Lipinski definition) is 4. The van der Waals surface area contributed by atoms with Gasteiger partial charge in [-0.25, -0.2) is 0 Å². The van der Waals surface area contributed by atoms with Crippen molar-refractivity contribution in [3.63, 3.8) is 0 Å². The number of hydrogen-bond donors (Lipinski definition) is 0. The molecule has 1 rings (SSSR count). The van der Waals surface area contributed by atoms with Crippen LogP contribution in [0.5, 0.6) is 0 Å². The Bertz CT molecular complexity index is 199. The zero-order chi connectivity index (χ0) is 10.4. The highest BCUT2D eigenvalue weighted by molar-refractivity contribution is 5.90. The summed E-state index contributed by atoms with van der Waals surface area (Å²) in [4.78, 5) is 23.6. The molecule has 0 N–H and O–H groups in total. The van der Waals surface area contributed by atoms with E-state index in [4.69, 9.17) is 0 Å². The van der Waals surface area contributed by atoms with Gasteiger partial charge in [-0.15, -0.1) is 0 Å². The summed E-state index contributed by atoms with van der Waals surface area (Å²) >= 11 is 0. The monoisotopic (exact) mass is 199 g/mol. The zero-order valence-corrected chi connectivity index (χ0v) is 8.62. The van der Waals surface area contributed by atoms with Crippen LogP contribution in [0.4, 0.5) is 0 Å². The number of carbonyl (C=O) groups is 2. The van der Waals surface area contributed by atoms with Crippen LogP contribution in [-0.4, -0.2) is 36.5 Å². The van der Waals surface area contributed by atoms with Crippen LogP contribution < -0.4 is 0 Å². The quantitative estimate of drug-likeness (QED) is 0.376. The van der Waals surface area contributed by atoms with E-state index in [9.17, 15) is 9.59 Å². The van der Waals surface area contributed by atoms with Crippen LogP contribution in [0.15, 0.2) is 0 Å². The van der Waals surface area contributed by atoms with Crippen LogP contribution in [0, 0.1) is 0 Å². The third-order valence-electron chi connectivity index (χ3n) is 2.26. The van der Waals surface area contributed by atoms with Crippen LogP contribution in [0.1, 0.15) is 32.6 Å². The molecule has 0 aromatic carbocycles. The second kappa shape index (κ2) is 5.75. The summed E-state index contributed by atoms with van der Waals surface area (Å²) in [6, 6.07) is 0. The van der Waals surface area contributed by atoms with E-state index in [1.807, 2.05) is 4.90 Å². The lowest BCUT2D eigenvalue weighted by Gasteiger charge is -2.23. The first-order valence-electron chi connectivity index (χ1n) is 5.18. The van der Waals surface area contributed by atoms with E-state index in [0.29, 0.717) is 0 Å². The Morgan fingerprint density at radius 3 is 2.36 bits per heavy atom. The summed E-state index contributed by atoms with van der Waals surface area (Å²) in [6.07, 6.45) is 4.62. The van der Waals surface area contributed by atoms with Gasteiger partial charge in [0.25, 0.3) is 0 Å². The summed E-state index contributed by atoms with van der Waals surface area (Å²) in [5.41, 5.74) is 0. The fraction of sp³-hybridized carbons (Fsp3) is 0.800. The van der Waals surface area contributed by atoms with Gasteiger partial charge in [-0.1, -0.05) is 26.2 Å². The van der Waals surface area contributed by atoms with Crippen molar-refractivity contribution in [2.24, 2.45) is 0 Å². The molecule has 0 aromatic heterocycles. The molecule has 14 heavy (non-hydrogen) atoms. The summed E-state index contributed by atoms with van der Waals surface area (Å²) in [6.45, 7) is 3.50. The molecule has 1 fully saturated rings. The fourth-order valence-corrected chi connectivity index (χ4v) is 1.53. The smallest absolute Gasteiger partial charge is 0.327 e. The molecule has 1 aliphatic heterocycles. The molecule has 1 aliphatic rings. The van der Waals surface area contributed by atoms with Crippen molar-refractivity contribution in [3.05, 3.63) is 0 Å². The van der Waals surface area contributed by atoms with Crippen LogP contribution in [0.2, 0.25) is 0 Å². The Morgan fingerprint density at radius 2 is 1.79 bits per heavy atom. The Balaban J connectivity index is 2.17. The molecule has 0 aliphatic carbocycles. The van der Waals surface area contributed by atoms with Gasteiger partial charge in [0.05, 0.1) is 13.1 Å². The molecule has 1 heterocycles. The van der Waals surface area contributed by atoms with E-state index >= 15 is 0 Å². The van der Waals surface area contributed by atoms with Gasteiger partial charge in [-0.3, -0.25) is 14.5 Å². The molecular formula is C10H17NO3. The lowest BCUT2D eigenvalue weighted by Crippen LogP contribution is -2.43. The number of ether oxygens (including phenoxy) is 1. The van der Waals surface area contributed by atoms with E-state index in [0.717, 1.165) is 19.4 Å². The van der Waals surface area contributed by atoms with Crippen LogP contribution in [0.3, 0.4) is 0 Å². The van der Waals surface area contributed by atoms with E-state index in [-0.39, 0.29) is 13.1 Å². The van der Waals surface area contributed by atoms with Crippen molar-refractivity contribution < 1.29 is 14.3 Å². The Labute approximate surface area is 84.2 Å². The minimum atomic E-state index is -0.420. The molecule has 0 spiro atoms. The topological polar surface area (TPSA) is 46.6 Å². The Morgan fingerprint density at radius 1 is 1.14 bits per heavy atom. The summed E-state index contributed by atoms with van der Waals surface area (Å²) in [5.74, 6) is -0.839. The van der Waals surface area contributed by atoms with Crippen molar-refractivity contribution in [3.8, 4) is 0 Å². The van der Waals surface area contributed by atoms with E-state index in [1.54, 1.807) is 0 Å². The average Bonchev–Trinajstić information content (AvgIpc) is 2.11. The molecule has 80 valence electrons. The molecule has 0 unspecified atom stereocenters. The van der Waals surface area contributed by atoms with Crippen LogP contribution in [-0.2, 0) is 14.3 Å². The van der Waals surface area contributed by atoms with Crippen LogP contribution in [0.25, 0.3) is 0 Å². The van der Waals surface area contributed by atoms with Crippen molar-refractivity contribution in [2.45, 2.75) is 32.6 Å². The van der Waals surface area contributed by atoms with Crippen molar-refractivity contribution >= 4 is 11.9 Å². The average molecular weight is 199 g/mol. The maximum Gasteiger partial charge on any atom is 0.327 e. The first-order valence-corrected chi connectivity index (χ1v) is 5.18.